The van der Waals surface area contributed by atoms with Gasteiger partial charge < -0.3 is 15.4 Å². The highest BCUT2D eigenvalue weighted by Gasteiger charge is 2.22. The second kappa shape index (κ2) is 7.65. The third-order valence-electron chi connectivity index (χ3n) is 4.40. The molecule has 3 N–H and O–H groups in total. The Morgan fingerprint density at radius 2 is 2.24 bits per heavy atom. The van der Waals surface area contributed by atoms with E-state index in [1.807, 2.05) is 27.7 Å². The van der Waals surface area contributed by atoms with E-state index in [0.717, 1.165) is 5.39 Å². The zero-order chi connectivity index (χ0) is 18.6. The van der Waals surface area contributed by atoms with Gasteiger partial charge in [0.25, 0.3) is 5.56 Å². The Hall–Kier alpha value is -2.41. The summed E-state index contributed by atoms with van der Waals surface area (Å²) in [5.41, 5.74) is 0.326. The second-order valence-corrected chi connectivity index (χ2v) is 6.75. The van der Waals surface area contributed by atoms with Crippen LogP contribution in [0.1, 0.15) is 52.1 Å². The predicted octanol–water partition coefficient (Wildman–Crippen LogP) is 1.99. The fourth-order valence-electron chi connectivity index (χ4n) is 2.62. The zero-order valence-electron chi connectivity index (χ0n) is 15.2. The molecule has 1 atom stereocenters. The first-order valence-electron chi connectivity index (χ1n) is 8.51. The molecule has 2 aromatic rings. The monoisotopic (exact) mass is 346 g/mol. The average molecular weight is 346 g/mol. The van der Waals surface area contributed by atoms with Gasteiger partial charge in [-0.3, -0.25) is 9.59 Å². The highest BCUT2D eigenvalue weighted by molar-refractivity contribution is 5.92. The number of amides is 1. The summed E-state index contributed by atoms with van der Waals surface area (Å²) in [6, 6.07) is 1.86. The number of H-pyrrole nitrogens is 1. The van der Waals surface area contributed by atoms with Gasteiger partial charge in [-0.1, -0.05) is 6.92 Å². The lowest BCUT2D eigenvalue weighted by atomic mass is 9.95. The van der Waals surface area contributed by atoms with E-state index in [0.29, 0.717) is 24.1 Å². The smallest absolute Gasteiger partial charge is 0.256 e. The molecule has 0 radical (unpaired) electrons. The Balaban J connectivity index is 2.22. The van der Waals surface area contributed by atoms with Gasteiger partial charge in [-0.25, -0.2) is 4.68 Å². The molecule has 25 heavy (non-hydrogen) atoms. The lowest BCUT2D eigenvalue weighted by molar-refractivity contribution is -0.118. The molecule has 136 valence electrons. The van der Waals surface area contributed by atoms with Crippen LogP contribution >= 0.6 is 0 Å². The van der Waals surface area contributed by atoms with E-state index < -0.39 is 5.54 Å². The van der Waals surface area contributed by atoms with Crippen LogP contribution in [0.2, 0.25) is 0 Å². The number of aromatic amines is 1. The minimum Gasteiger partial charge on any atom is -0.396 e. The first kappa shape index (κ1) is 18.9. The van der Waals surface area contributed by atoms with Crippen molar-refractivity contribution < 1.29 is 9.90 Å². The molecule has 7 nitrogen and oxygen atoms in total. The highest BCUT2D eigenvalue weighted by Crippen LogP contribution is 2.16. The molecule has 0 fully saturated rings. The fourth-order valence-corrected chi connectivity index (χ4v) is 2.62. The van der Waals surface area contributed by atoms with Gasteiger partial charge in [0.15, 0.2) is 0 Å². The Morgan fingerprint density at radius 3 is 2.84 bits per heavy atom. The molecule has 7 heteroatoms. The quantitative estimate of drug-likeness (QED) is 0.668. The molecule has 2 aromatic heterocycles. The minimum atomic E-state index is -0.467. The van der Waals surface area contributed by atoms with E-state index >= 15 is 0 Å². The Bertz CT molecular complexity index is 834. The number of aromatic nitrogens is 3. The third-order valence-corrected chi connectivity index (χ3v) is 4.40. The number of carbonyl (C=O) groups is 1. The van der Waals surface area contributed by atoms with Gasteiger partial charge in [0.1, 0.15) is 5.65 Å². The number of carbonyl (C=O) groups excluding carboxylic acids is 1. The van der Waals surface area contributed by atoms with Crippen molar-refractivity contribution in [3.63, 3.8) is 0 Å². The largest absolute Gasteiger partial charge is 0.396 e. The summed E-state index contributed by atoms with van der Waals surface area (Å²) in [5.74, 6) is -0.296. The topological polar surface area (TPSA) is 100 Å². The molecule has 0 aliphatic rings. The lowest BCUT2D eigenvalue weighted by Crippen LogP contribution is -2.45. The van der Waals surface area contributed by atoms with Gasteiger partial charge >= 0.3 is 0 Å². The van der Waals surface area contributed by atoms with Crippen LogP contribution in [-0.4, -0.2) is 37.9 Å². The SMILES string of the molecule is CCC(C)(CCO)NC(=O)/C=C/c1cc2cnn(C(C)C)c2[nH]c1=O. The fraction of sp³-hybridized carbons (Fsp3) is 0.500. The minimum absolute atomic E-state index is 0.00447. The molecular weight excluding hydrogens is 320 g/mol. The molecule has 0 bridgehead atoms. The molecule has 0 saturated carbocycles. The van der Waals surface area contributed by atoms with E-state index in [4.69, 9.17) is 5.11 Å². The zero-order valence-corrected chi connectivity index (χ0v) is 15.2. The van der Waals surface area contributed by atoms with Crippen molar-refractivity contribution in [2.24, 2.45) is 0 Å². The third kappa shape index (κ3) is 4.36. The van der Waals surface area contributed by atoms with Crippen molar-refractivity contribution in [3.05, 3.63) is 34.3 Å². The summed E-state index contributed by atoms with van der Waals surface area (Å²) < 4.78 is 1.75. The van der Waals surface area contributed by atoms with Crippen molar-refractivity contribution in [1.29, 1.82) is 0 Å². The number of aliphatic hydroxyl groups is 1. The first-order valence-corrected chi connectivity index (χ1v) is 8.51. The Morgan fingerprint density at radius 1 is 1.52 bits per heavy atom. The molecule has 0 aliphatic heterocycles. The van der Waals surface area contributed by atoms with E-state index in [-0.39, 0.29) is 24.1 Å². The molecule has 0 spiro atoms. The Kier molecular flexibility index (Phi) is 5.79. The molecule has 2 heterocycles. The maximum Gasteiger partial charge on any atom is 0.256 e. The number of fused-ring (bicyclic) bond motifs is 1. The molecule has 1 unspecified atom stereocenters. The number of pyridine rings is 1. The van der Waals surface area contributed by atoms with Crippen LogP contribution in [0, 0.1) is 0 Å². The van der Waals surface area contributed by atoms with E-state index in [2.05, 4.69) is 15.4 Å². The summed E-state index contributed by atoms with van der Waals surface area (Å²) >= 11 is 0. The standard InChI is InChI=1S/C18H26N4O3/c1-5-18(4,8-9-23)21-15(24)7-6-13-10-14-11-19-22(12(2)3)16(14)20-17(13)25/h6-7,10-12,23H,5,8-9H2,1-4H3,(H,20,25)(H,21,24)/b7-6+. The first-order chi connectivity index (χ1) is 11.8. The average Bonchev–Trinajstić information content (AvgIpc) is 2.95. The number of nitrogens with one attached hydrogen (secondary N) is 2. The summed E-state index contributed by atoms with van der Waals surface area (Å²) in [7, 11) is 0. The molecule has 0 aliphatic carbocycles. The van der Waals surface area contributed by atoms with Crippen molar-refractivity contribution in [2.45, 2.75) is 52.1 Å². The van der Waals surface area contributed by atoms with Gasteiger partial charge in [0, 0.05) is 35.2 Å². The van der Waals surface area contributed by atoms with E-state index in [9.17, 15) is 9.59 Å². The van der Waals surface area contributed by atoms with Crippen LogP contribution in [0.3, 0.4) is 0 Å². The normalized spacial score (nSPS) is 14.3. The van der Waals surface area contributed by atoms with Crippen molar-refractivity contribution in [2.75, 3.05) is 6.61 Å². The number of rotatable bonds is 7. The maximum atomic E-state index is 12.2. The molecule has 2 rings (SSSR count). The van der Waals surface area contributed by atoms with Crippen LogP contribution in [0.25, 0.3) is 17.1 Å². The number of aliphatic hydroxyl groups excluding tert-OH is 1. The second-order valence-electron chi connectivity index (χ2n) is 6.75. The molecular formula is C18H26N4O3. The van der Waals surface area contributed by atoms with Gasteiger partial charge in [-0.05, 0) is 45.8 Å². The summed E-state index contributed by atoms with van der Waals surface area (Å²) in [5, 5.41) is 17.1. The van der Waals surface area contributed by atoms with Crippen LogP contribution in [0.4, 0.5) is 0 Å². The molecule has 0 saturated heterocycles. The van der Waals surface area contributed by atoms with Crippen LogP contribution < -0.4 is 10.9 Å². The van der Waals surface area contributed by atoms with E-state index in [1.165, 1.54) is 12.2 Å². The summed E-state index contributed by atoms with van der Waals surface area (Å²) in [6.07, 6.45) is 5.71. The predicted molar refractivity (Wildman–Crippen MR) is 98.3 cm³/mol. The van der Waals surface area contributed by atoms with Crippen LogP contribution in [0.15, 0.2) is 23.1 Å². The van der Waals surface area contributed by atoms with Gasteiger partial charge in [0.05, 0.1) is 6.20 Å². The maximum absolute atomic E-state index is 12.2. The summed E-state index contributed by atoms with van der Waals surface area (Å²) in [4.78, 5) is 27.2. The number of nitrogens with zero attached hydrogens (tertiary/aromatic N) is 2. The van der Waals surface area contributed by atoms with E-state index in [1.54, 1.807) is 16.9 Å². The van der Waals surface area contributed by atoms with Crippen molar-refractivity contribution in [1.82, 2.24) is 20.1 Å². The van der Waals surface area contributed by atoms with Crippen molar-refractivity contribution in [3.8, 4) is 0 Å². The number of hydrogen-bond acceptors (Lipinski definition) is 4. The summed E-state index contributed by atoms with van der Waals surface area (Å²) in [6.45, 7) is 7.81. The van der Waals surface area contributed by atoms with Gasteiger partial charge in [-0.2, -0.15) is 5.10 Å². The number of hydrogen-bond donors (Lipinski definition) is 3. The van der Waals surface area contributed by atoms with Crippen molar-refractivity contribution >= 4 is 23.0 Å². The van der Waals surface area contributed by atoms with Gasteiger partial charge in [0.2, 0.25) is 5.91 Å². The van der Waals surface area contributed by atoms with Gasteiger partial charge in [-0.15, -0.1) is 0 Å². The Labute approximate surface area is 146 Å². The highest BCUT2D eigenvalue weighted by atomic mass is 16.3. The lowest BCUT2D eigenvalue weighted by Gasteiger charge is -2.28. The molecule has 1 amide bonds. The van der Waals surface area contributed by atoms with Crippen LogP contribution in [-0.2, 0) is 4.79 Å². The van der Waals surface area contributed by atoms with Crippen LogP contribution in [0.5, 0.6) is 0 Å². The molecule has 0 aromatic carbocycles.